The fourth-order valence-corrected chi connectivity index (χ4v) is 4.16. The van der Waals surface area contributed by atoms with Gasteiger partial charge in [0.15, 0.2) is 5.65 Å². The number of likely N-dealkylation sites (tertiary alicyclic amines) is 1. The van der Waals surface area contributed by atoms with E-state index in [-0.39, 0.29) is 18.3 Å². The summed E-state index contributed by atoms with van der Waals surface area (Å²) >= 11 is 6.31. The predicted octanol–water partition coefficient (Wildman–Crippen LogP) is 5.64. The van der Waals surface area contributed by atoms with E-state index in [0.717, 1.165) is 42.7 Å². The van der Waals surface area contributed by atoms with Gasteiger partial charge in [0.1, 0.15) is 5.75 Å². The quantitative estimate of drug-likeness (QED) is 0.545. The lowest BCUT2D eigenvalue weighted by Gasteiger charge is -2.31. The number of hydrogen-bond acceptors (Lipinski definition) is 5. The average Bonchev–Trinajstić information content (AvgIpc) is 2.73. The third kappa shape index (κ3) is 4.86. The van der Waals surface area contributed by atoms with E-state index in [4.69, 9.17) is 16.3 Å². The molecule has 0 aliphatic carbocycles. The van der Waals surface area contributed by atoms with Crippen molar-refractivity contribution in [3.8, 4) is 5.75 Å². The molecule has 164 valence electrons. The molecule has 1 fully saturated rings. The van der Waals surface area contributed by atoms with Crippen LogP contribution in [-0.4, -0.2) is 41.0 Å². The lowest BCUT2D eigenvalue weighted by molar-refractivity contribution is 0.0684. The highest BCUT2D eigenvalue weighted by Crippen LogP contribution is 2.33. The van der Waals surface area contributed by atoms with Gasteiger partial charge in [-0.1, -0.05) is 18.5 Å². The van der Waals surface area contributed by atoms with E-state index in [1.807, 2.05) is 30.0 Å². The van der Waals surface area contributed by atoms with Gasteiger partial charge in [-0.05, 0) is 56.0 Å². The minimum atomic E-state index is -0.0152. The van der Waals surface area contributed by atoms with Crippen molar-refractivity contribution in [2.24, 2.45) is 5.92 Å². The first-order chi connectivity index (χ1) is 14.5. The van der Waals surface area contributed by atoms with Crippen LogP contribution in [0, 0.1) is 12.8 Å². The van der Waals surface area contributed by atoms with Gasteiger partial charge in [0.05, 0.1) is 23.4 Å². The first-order valence-corrected chi connectivity index (χ1v) is 10.5. The minimum absolute atomic E-state index is 0. The van der Waals surface area contributed by atoms with E-state index >= 15 is 0 Å². The number of carbonyl (C=O) groups is 1. The molecule has 6 nitrogen and oxygen atoms in total. The van der Waals surface area contributed by atoms with Gasteiger partial charge in [0.2, 0.25) is 0 Å². The summed E-state index contributed by atoms with van der Waals surface area (Å²) in [6.07, 6.45) is 3.80. The zero-order chi connectivity index (χ0) is 21.3. The van der Waals surface area contributed by atoms with Gasteiger partial charge >= 0.3 is 0 Å². The normalized spacial score (nSPS) is 16.0. The molecule has 4 rings (SSSR count). The summed E-state index contributed by atoms with van der Waals surface area (Å²) in [5.41, 5.74) is 3.46. The van der Waals surface area contributed by atoms with E-state index in [2.05, 4.69) is 22.2 Å². The number of benzene rings is 1. The number of nitrogens with one attached hydrogen (secondary N) is 1. The van der Waals surface area contributed by atoms with Gasteiger partial charge in [-0.3, -0.25) is 4.79 Å². The topological polar surface area (TPSA) is 67.3 Å². The summed E-state index contributed by atoms with van der Waals surface area (Å²) in [5.74, 6) is 1.08. The molecule has 8 heteroatoms. The summed E-state index contributed by atoms with van der Waals surface area (Å²) in [7, 11) is 1.58. The Labute approximate surface area is 193 Å². The number of halogens is 2. The van der Waals surface area contributed by atoms with Crippen LogP contribution in [0.1, 0.15) is 35.8 Å². The summed E-state index contributed by atoms with van der Waals surface area (Å²) in [5, 5.41) is 4.68. The van der Waals surface area contributed by atoms with Crippen molar-refractivity contribution in [1.82, 2.24) is 14.9 Å². The number of methoxy groups -OCH3 is 1. The number of aromatic nitrogens is 2. The van der Waals surface area contributed by atoms with Crippen LogP contribution in [0.25, 0.3) is 11.0 Å². The number of pyridine rings is 2. The van der Waals surface area contributed by atoms with E-state index in [0.29, 0.717) is 33.6 Å². The molecule has 3 aromatic rings. The number of ether oxygens (including phenoxy) is 1. The van der Waals surface area contributed by atoms with Crippen molar-refractivity contribution in [3.63, 3.8) is 0 Å². The molecule has 31 heavy (non-hydrogen) atoms. The molecule has 1 aliphatic heterocycles. The number of aryl methyl sites for hydroxylation is 1. The van der Waals surface area contributed by atoms with Crippen LogP contribution < -0.4 is 10.1 Å². The van der Waals surface area contributed by atoms with Crippen molar-refractivity contribution < 1.29 is 9.53 Å². The third-order valence-corrected chi connectivity index (χ3v) is 5.76. The maximum atomic E-state index is 13.4. The summed E-state index contributed by atoms with van der Waals surface area (Å²) in [4.78, 5) is 24.3. The number of piperidine rings is 1. The van der Waals surface area contributed by atoms with Crippen LogP contribution in [0.3, 0.4) is 0 Å². The Morgan fingerprint density at radius 1 is 1.29 bits per heavy atom. The SMILES string of the molecule is COc1ccc(Nc2c(C(=O)N3CCCC(C)C3)cnc3nc(C)ccc23)cc1Cl.Cl. The molecule has 1 unspecified atom stereocenters. The second-order valence-corrected chi connectivity index (χ2v) is 8.25. The fourth-order valence-electron chi connectivity index (χ4n) is 3.90. The van der Waals surface area contributed by atoms with Crippen LogP contribution in [0.4, 0.5) is 11.4 Å². The van der Waals surface area contributed by atoms with Crippen molar-refractivity contribution >= 4 is 52.3 Å². The molecular weight excluding hydrogens is 435 g/mol. The van der Waals surface area contributed by atoms with E-state index in [1.165, 1.54) is 0 Å². The lowest BCUT2D eigenvalue weighted by atomic mass is 9.99. The number of hydrogen-bond donors (Lipinski definition) is 1. The van der Waals surface area contributed by atoms with Gasteiger partial charge in [0, 0.05) is 36.1 Å². The van der Waals surface area contributed by atoms with Crippen LogP contribution in [0.5, 0.6) is 5.75 Å². The highest BCUT2D eigenvalue weighted by atomic mass is 35.5. The van der Waals surface area contributed by atoms with Gasteiger partial charge in [-0.25, -0.2) is 9.97 Å². The number of fused-ring (bicyclic) bond motifs is 1. The molecule has 1 aromatic carbocycles. The highest BCUT2D eigenvalue weighted by Gasteiger charge is 2.25. The first-order valence-electron chi connectivity index (χ1n) is 10.1. The zero-order valence-electron chi connectivity index (χ0n) is 17.8. The number of amides is 1. The summed E-state index contributed by atoms with van der Waals surface area (Å²) < 4.78 is 5.24. The molecule has 1 saturated heterocycles. The van der Waals surface area contributed by atoms with Gasteiger partial charge < -0.3 is 15.0 Å². The lowest BCUT2D eigenvalue weighted by Crippen LogP contribution is -2.39. The molecule has 2 aromatic heterocycles. The number of nitrogens with zero attached hydrogens (tertiary/aromatic N) is 3. The molecular formula is C23H26Cl2N4O2. The molecule has 0 radical (unpaired) electrons. The van der Waals surface area contributed by atoms with Crippen LogP contribution >= 0.6 is 24.0 Å². The Balaban J connectivity index is 0.00000272. The van der Waals surface area contributed by atoms with Crippen molar-refractivity contribution in [2.75, 3.05) is 25.5 Å². The third-order valence-electron chi connectivity index (χ3n) is 5.46. The molecule has 1 N–H and O–H groups in total. The molecule has 1 amide bonds. The maximum absolute atomic E-state index is 13.4. The smallest absolute Gasteiger partial charge is 0.257 e. The van der Waals surface area contributed by atoms with Gasteiger partial charge in [-0.2, -0.15) is 0 Å². The second-order valence-electron chi connectivity index (χ2n) is 7.84. The fraction of sp³-hybridized carbons (Fsp3) is 0.348. The second kappa shape index (κ2) is 9.71. The first kappa shape index (κ1) is 23.1. The monoisotopic (exact) mass is 460 g/mol. The van der Waals surface area contributed by atoms with Gasteiger partial charge in [-0.15, -0.1) is 12.4 Å². The van der Waals surface area contributed by atoms with Crippen LogP contribution in [0.15, 0.2) is 36.5 Å². The molecule has 3 heterocycles. The Morgan fingerprint density at radius 3 is 2.81 bits per heavy atom. The average molecular weight is 461 g/mol. The van der Waals surface area contributed by atoms with Crippen molar-refractivity contribution in [3.05, 3.63) is 52.8 Å². The van der Waals surface area contributed by atoms with Gasteiger partial charge in [0.25, 0.3) is 5.91 Å². The van der Waals surface area contributed by atoms with Crippen molar-refractivity contribution in [2.45, 2.75) is 26.7 Å². The van der Waals surface area contributed by atoms with Crippen LogP contribution in [-0.2, 0) is 0 Å². The Morgan fingerprint density at radius 2 is 2.10 bits per heavy atom. The summed E-state index contributed by atoms with van der Waals surface area (Å²) in [6.45, 7) is 5.63. The van der Waals surface area contributed by atoms with Crippen molar-refractivity contribution in [1.29, 1.82) is 0 Å². The summed E-state index contributed by atoms with van der Waals surface area (Å²) in [6, 6.07) is 9.33. The zero-order valence-corrected chi connectivity index (χ0v) is 19.4. The minimum Gasteiger partial charge on any atom is -0.495 e. The molecule has 0 spiro atoms. The predicted molar refractivity (Wildman–Crippen MR) is 127 cm³/mol. The molecule has 1 atom stereocenters. The van der Waals surface area contributed by atoms with Crippen LogP contribution in [0.2, 0.25) is 5.02 Å². The number of anilines is 2. The molecule has 0 saturated carbocycles. The highest BCUT2D eigenvalue weighted by molar-refractivity contribution is 6.32. The largest absolute Gasteiger partial charge is 0.495 e. The Kier molecular flexibility index (Phi) is 7.23. The van der Waals surface area contributed by atoms with E-state index in [9.17, 15) is 4.79 Å². The Hall–Kier alpha value is -2.57. The standard InChI is InChI=1S/C23H25ClN4O2.ClH/c1-14-5-4-10-28(13-14)23(29)18-12-25-22-17(8-6-15(2)26-22)21(18)27-16-7-9-20(30-3)19(24)11-16;/h6-9,11-12,14H,4-5,10,13H2,1-3H3,(H,25,26,27);1H. The van der Waals surface area contributed by atoms with E-state index in [1.54, 1.807) is 25.4 Å². The maximum Gasteiger partial charge on any atom is 0.257 e. The number of rotatable bonds is 4. The molecule has 0 bridgehead atoms. The Bertz CT molecular complexity index is 1110. The number of carbonyl (C=O) groups excluding carboxylic acids is 1. The van der Waals surface area contributed by atoms with E-state index < -0.39 is 0 Å². The molecule has 1 aliphatic rings.